The molecule has 5 heteroatoms. The molecule has 90 valence electrons. The van der Waals surface area contributed by atoms with Crippen molar-refractivity contribution < 1.29 is 9.90 Å². The van der Waals surface area contributed by atoms with Gasteiger partial charge < -0.3 is 10.0 Å². The Hall–Kier alpha value is -2.09. The van der Waals surface area contributed by atoms with Crippen molar-refractivity contribution in [1.29, 1.82) is 5.26 Å². The number of carboxylic acids is 1. The molecule has 0 aromatic carbocycles. The number of anilines is 1. The Morgan fingerprint density at radius 3 is 2.53 bits per heavy atom. The molecule has 17 heavy (non-hydrogen) atoms. The molecule has 0 atom stereocenters. The van der Waals surface area contributed by atoms with E-state index in [9.17, 15) is 4.79 Å². The standard InChI is InChI=1S/C12H15N3O2/c1-4-15(5-2)11-10(12(16)17)6-9(7-13)8(3)14-11/h6H,4-5H2,1-3H3,(H,16,17). The van der Waals surface area contributed by atoms with Gasteiger partial charge >= 0.3 is 5.97 Å². The van der Waals surface area contributed by atoms with Gasteiger partial charge in [0.2, 0.25) is 0 Å². The molecule has 0 radical (unpaired) electrons. The highest BCUT2D eigenvalue weighted by molar-refractivity contribution is 5.93. The van der Waals surface area contributed by atoms with Crippen molar-refractivity contribution in [2.75, 3.05) is 18.0 Å². The average molecular weight is 233 g/mol. The van der Waals surface area contributed by atoms with Gasteiger partial charge in [0.1, 0.15) is 17.5 Å². The normalized spacial score (nSPS) is 9.76. The lowest BCUT2D eigenvalue weighted by molar-refractivity contribution is 0.0697. The minimum Gasteiger partial charge on any atom is -0.478 e. The topological polar surface area (TPSA) is 77.2 Å². The molecule has 0 amide bonds. The number of aryl methyl sites for hydroxylation is 1. The molecule has 1 aromatic heterocycles. The first-order chi connectivity index (χ1) is 8.04. The highest BCUT2D eigenvalue weighted by Crippen LogP contribution is 2.21. The Balaban J connectivity index is 3.43. The van der Waals surface area contributed by atoms with E-state index in [1.54, 1.807) is 6.92 Å². The Bertz CT molecular complexity index is 473. The van der Waals surface area contributed by atoms with Crippen molar-refractivity contribution in [3.63, 3.8) is 0 Å². The van der Waals surface area contributed by atoms with Crippen molar-refractivity contribution in [1.82, 2.24) is 4.98 Å². The van der Waals surface area contributed by atoms with Gasteiger partial charge in [-0.3, -0.25) is 0 Å². The third-order valence-corrected chi connectivity index (χ3v) is 2.61. The Morgan fingerprint density at radius 2 is 2.12 bits per heavy atom. The van der Waals surface area contributed by atoms with E-state index in [0.717, 1.165) is 0 Å². The second kappa shape index (κ2) is 5.30. The predicted octanol–water partition coefficient (Wildman–Crippen LogP) is 1.81. The van der Waals surface area contributed by atoms with E-state index in [2.05, 4.69) is 4.98 Å². The number of pyridine rings is 1. The summed E-state index contributed by atoms with van der Waals surface area (Å²) in [6.45, 7) is 6.93. The second-order valence-corrected chi connectivity index (χ2v) is 3.58. The minimum absolute atomic E-state index is 0.0795. The summed E-state index contributed by atoms with van der Waals surface area (Å²) < 4.78 is 0. The van der Waals surface area contributed by atoms with Crippen LogP contribution in [0, 0.1) is 18.3 Å². The van der Waals surface area contributed by atoms with Gasteiger partial charge in [-0.25, -0.2) is 9.78 Å². The first-order valence-corrected chi connectivity index (χ1v) is 5.45. The maximum atomic E-state index is 11.2. The van der Waals surface area contributed by atoms with Gasteiger partial charge in [-0.15, -0.1) is 0 Å². The van der Waals surface area contributed by atoms with Crippen LogP contribution in [-0.4, -0.2) is 29.1 Å². The van der Waals surface area contributed by atoms with Crippen molar-refractivity contribution in [3.8, 4) is 6.07 Å². The Kier molecular flexibility index (Phi) is 4.05. The number of nitrogens with zero attached hydrogens (tertiary/aromatic N) is 3. The van der Waals surface area contributed by atoms with Gasteiger partial charge in [0.15, 0.2) is 0 Å². The molecule has 1 N–H and O–H groups in total. The summed E-state index contributed by atoms with van der Waals surface area (Å²) in [5, 5.41) is 18.0. The first-order valence-electron chi connectivity index (χ1n) is 5.45. The van der Waals surface area contributed by atoms with Gasteiger partial charge in [-0.2, -0.15) is 5.26 Å². The van der Waals surface area contributed by atoms with Gasteiger partial charge in [0.25, 0.3) is 0 Å². The van der Waals surface area contributed by atoms with Crippen LogP contribution in [0.1, 0.15) is 35.5 Å². The minimum atomic E-state index is -1.06. The molecular formula is C12H15N3O2. The smallest absolute Gasteiger partial charge is 0.339 e. The Labute approximate surface area is 100 Å². The third kappa shape index (κ3) is 2.53. The van der Waals surface area contributed by atoms with E-state index in [1.807, 2.05) is 24.8 Å². The fraction of sp³-hybridized carbons (Fsp3) is 0.417. The van der Waals surface area contributed by atoms with Crippen LogP contribution in [-0.2, 0) is 0 Å². The number of aromatic nitrogens is 1. The predicted molar refractivity (Wildman–Crippen MR) is 64.2 cm³/mol. The number of hydrogen-bond donors (Lipinski definition) is 1. The molecule has 0 unspecified atom stereocenters. The zero-order valence-electron chi connectivity index (χ0n) is 10.2. The van der Waals surface area contributed by atoms with Crippen LogP contribution in [0.2, 0.25) is 0 Å². The summed E-state index contributed by atoms with van der Waals surface area (Å²) in [7, 11) is 0. The maximum absolute atomic E-state index is 11.2. The summed E-state index contributed by atoms with van der Waals surface area (Å²) in [5.41, 5.74) is 0.938. The fourth-order valence-electron chi connectivity index (χ4n) is 1.63. The zero-order valence-corrected chi connectivity index (χ0v) is 10.2. The summed E-state index contributed by atoms with van der Waals surface area (Å²) >= 11 is 0. The van der Waals surface area contributed by atoms with Crippen LogP contribution in [0.15, 0.2) is 6.07 Å². The first kappa shape index (κ1) is 13.0. The molecule has 0 saturated heterocycles. The van der Waals surface area contributed by atoms with Gasteiger partial charge in [0.05, 0.1) is 11.3 Å². The summed E-state index contributed by atoms with van der Waals surface area (Å²) in [6.07, 6.45) is 0. The SMILES string of the molecule is CCN(CC)c1nc(C)c(C#N)cc1C(=O)O. The number of rotatable bonds is 4. The number of carboxylic acid groups (broad SMARTS) is 1. The largest absolute Gasteiger partial charge is 0.478 e. The lowest BCUT2D eigenvalue weighted by Crippen LogP contribution is -2.26. The number of hydrogen-bond acceptors (Lipinski definition) is 4. The molecule has 0 fully saturated rings. The number of carbonyl (C=O) groups is 1. The highest BCUT2D eigenvalue weighted by atomic mass is 16.4. The average Bonchev–Trinajstić information content (AvgIpc) is 2.30. The van der Waals surface area contributed by atoms with Crippen LogP contribution in [0.4, 0.5) is 5.82 Å². The van der Waals surface area contributed by atoms with E-state index in [4.69, 9.17) is 10.4 Å². The molecule has 0 spiro atoms. The van der Waals surface area contributed by atoms with Crippen molar-refractivity contribution in [3.05, 3.63) is 22.9 Å². The summed E-state index contributed by atoms with van der Waals surface area (Å²) in [5.74, 6) is -0.630. The molecule has 0 saturated carbocycles. The van der Waals surface area contributed by atoms with Crippen LogP contribution in [0.25, 0.3) is 0 Å². The van der Waals surface area contributed by atoms with Gasteiger partial charge in [-0.05, 0) is 26.8 Å². The molecule has 1 aromatic rings. The van der Waals surface area contributed by atoms with E-state index in [1.165, 1.54) is 6.07 Å². The van der Waals surface area contributed by atoms with Crippen LogP contribution < -0.4 is 4.90 Å². The second-order valence-electron chi connectivity index (χ2n) is 3.58. The van der Waals surface area contributed by atoms with Crippen LogP contribution >= 0.6 is 0 Å². The summed E-state index contributed by atoms with van der Waals surface area (Å²) in [4.78, 5) is 17.2. The summed E-state index contributed by atoms with van der Waals surface area (Å²) in [6, 6.07) is 3.34. The number of nitriles is 1. The fourth-order valence-corrected chi connectivity index (χ4v) is 1.63. The highest BCUT2D eigenvalue weighted by Gasteiger charge is 2.18. The van der Waals surface area contributed by atoms with E-state index in [0.29, 0.717) is 30.2 Å². The van der Waals surface area contributed by atoms with Crippen molar-refractivity contribution >= 4 is 11.8 Å². The van der Waals surface area contributed by atoms with Crippen molar-refractivity contribution in [2.45, 2.75) is 20.8 Å². The zero-order chi connectivity index (χ0) is 13.0. The maximum Gasteiger partial charge on any atom is 0.339 e. The third-order valence-electron chi connectivity index (χ3n) is 2.61. The molecular weight excluding hydrogens is 218 g/mol. The van der Waals surface area contributed by atoms with Gasteiger partial charge in [0, 0.05) is 13.1 Å². The molecule has 1 heterocycles. The van der Waals surface area contributed by atoms with E-state index in [-0.39, 0.29) is 5.56 Å². The lowest BCUT2D eigenvalue weighted by Gasteiger charge is -2.22. The quantitative estimate of drug-likeness (QED) is 0.858. The Morgan fingerprint density at radius 1 is 1.53 bits per heavy atom. The van der Waals surface area contributed by atoms with Crippen LogP contribution in [0.5, 0.6) is 0 Å². The molecule has 0 aliphatic heterocycles. The molecule has 5 nitrogen and oxygen atoms in total. The lowest BCUT2D eigenvalue weighted by atomic mass is 10.1. The van der Waals surface area contributed by atoms with E-state index >= 15 is 0 Å². The monoisotopic (exact) mass is 233 g/mol. The molecule has 0 bridgehead atoms. The molecule has 0 aliphatic rings. The van der Waals surface area contributed by atoms with Gasteiger partial charge in [-0.1, -0.05) is 0 Å². The van der Waals surface area contributed by atoms with Crippen molar-refractivity contribution in [2.24, 2.45) is 0 Å². The molecule has 1 rings (SSSR count). The van der Waals surface area contributed by atoms with E-state index < -0.39 is 5.97 Å². The molecule has 0 aliphatic carbocycles. The van der Waals surface area contributed by atoms with Crippen LogP contribution in [0.3, 0.4) is 0 Å². The number of aromatic carboxylic acids is 1.